The average molecular weight is 814 g/mol. The largest absolute Gasteiger partial charge is 0.344 e. The van der Waals surface area contributed by atoms with Gasteiger partial charge in [-0.3, -0.25) is 0 Å². The molecule has 8 aromatic carbocycles. The fourth-order valence-electron chi connectivity index (χ4n) is 8.50. The monoisotopic (exact) mass is 813 g/mol. The van der Waals surface area contributed by atoms with Crippen molar-refractivity contribution in [3.63, 3.8) is 0 Å². The van der Waals surface area contributed by atoms with Crippen LogP contribution in [0.2, 0.25) is 0 Å². The fourth-order valence-corrected chi connectivity index (χ4v) is 9.63. The van der Waals surface area contributed by atoms with E-state index in [1.54, 1.807) is 11.3 Å². The molecular weight excluding hydrogens is 779 g/mol. The number of aliphatic imine (C=N–C) groups is 2. The van der Waals surface area contributed by atoms with E-state index in [1.807, 2.05) is 54.6 Å². The van der Waals surface area contributed by atoms with Gasteiger partial charge in [0.2, 0.25) is 0 Å². The minimum atomic E-state index is -0.309. The smallest absolute Gasteiger partial charge is 0.164 e. The van der Waals surface area contributed by atoms with Gasteiger partial charge in [0.05, 0.1) is 11.0 Å². The molecular formula is C54H35N7S. The molecule has 292 valence electrons. The lowest BCUT2D eigenvalue weighted by Crippen LogP contribution is -2.33. The Hall–Kier alpha value is -8.07. The first kappa shape index (κ1) is 35.8. The summed E-state index contributed by atoms with van der Waals surface area (Å²) in [4.78, 5) is 25.5. The minimum Gasteiger partial charge on any atom is -0.344 e. The van der Waals surface area contributed by atoms with Crippen LogP contribution in [0.4, 0.5) is 0 Å². The maximum atomic E-state index is 5.21. The Morgan fingerprint density at radius 1 is 0.419 bits per heavy atom. The molecule has 8 heteroatoms. The maximum absolute atomic E-state index is 5.21. The number of hydrogen-bond donors (Lipinski definition) is 1. The van der Waals surface area contributed by atoms with Crippen molar-refractivity contribution in [2.75, 3.05) is 0 Å². The van der Waals surface area contributed by atoms with Crippen LogP contribution in [0.25, 0.3) is 81.8 Å². The van der Waals surface area contributed by atoms with Gasteiger partial charge >= 0.3 is 0 Å². The van der Waals surface area contributed by atoms with Crippen molar-refractivity contribution in [1.82, 2.24) is 24.8 Å². The van der Waals surface area contributed by atoms with Gasteiger partial charge < -0.3 is 9.88 Å². The van der Waals surface area contributed by atoms with E-state index in [1.165, 1.54) is 25.6 Å². The summed E-state index contributed by atoms with van der Waals surface area (Å²) >= 11 is 1.78. The molecule has 7 nitrogen and oxygen atoms in total. The average Bonchev–Trinajstić information content (AvgIpc) is 3.89. The summed E-state index contributed by atoms with van der Waals surface area (Å²) in [5.74, 6) is 3.38. The molecule has 0 fully saturated rings. The second-order valence-corrected chi connectivity index (χ2v) is 16.4. The molecule has 0 saturated heterocycles. The van der Waals surface area contributed by atoms with Crippen LogP contribution in [0.15, 0.2) is 210 Å². The van der Waals surface area contributed by atoms with E-state index < -0.39 is 0 Å². The number of hydrogen-bond acceptors (Lipinski definition) is 7. The van der Waals surface area contributed by atoms with Crippen LogP contribution in [0.1, 0.15) is 22.9 Å². The molecule has 0 amide bonds. The normalized spacial score (nSPS) is 14.0. The van der Waals surface area contributed by atoms with Crippen LogP contribution in [0.5, 0.6) is 0 Å². The molecule has 12 rings (SSSR count). The van der Waals surface area contributed by atoms with Crippen molar-refractivity contribution >= 4 is 65.0 Å². The van der Waals surface area contributed by atoms with Gasteiger partial charge in [0, 0.05) is 64.4 Å². The van der Waals surface area contributed by atoms with Crippen LogP contribution in [0.3, 0.4) is 0 Å². The van der Waals surface area contributed by atoms with Gasteiger partial charge in [0.15, 0.2) is 23.3 Å². The summed E-state index contributed by atoms with van der Waals surface area (Å²) < 4.78 is 4.69. The molecule has 0 spiro atoms. The number of amidine groups is 2. The summed E-state index contributed by atoms with van der Waals surface area (Å²) in [6.07, 6.45) is -0.309. The number of para-hydroxylation sites is 2. The van der Waals surface area contributed by atoms with Crippen molar-refractivity contribution in [2.45, 2.75) is 6.17 Å². The Morgan fingerprint density at radius 2 is 1.00 bits per heavy atom. The summed E-state index contributed by atoms with van der Waals surface area (Å²) in [5.41, 5.74) is 9.20. The lowest BCUT2D eigenvalue weighted by atomic mass is 10.0. The molecule has 62 heavy (non-hydrogen) atoms. The van der Waals surface area contributed by atoms with Gasteiger partial charge in [-0.05, 0) is 54.1 Å². The minimum absolute atomic E-state index is 0.309. The molecule has 0 saturated carbocycles. The van der Waals surface area contributed by atoms with E-state index in [0.29, 0.717) is 23.3 Å². The van der Waals surface area contributed by atoms with Gasteiger partial charge in [-0.25, -0.2) is 24.9 Å². The Balaban J connectivity index is 0.958. The zero-order valence-corrected chi connectivity index (χ0v) is 34.0. The molecule has 0 bridgehead atoms. The third-order valence-electron chi connectivity index (χ3n) is 11.5. The van der Waals surface area contributed by atoms with E-state index >= 15 is 0 Å². The van der Waals surface area contributed by atoms with E-state index in [9.17, 15) is 0 Å². The quantitative estimate of drug-likeness (QED) is 0.174. The molecule has 11 aromatic rings. The molecule has 0 radical (unpaired) electrons. The van der Waals surface area contributed by atoms with Gasteiger partial charge in [0.25, 0.3) is 0 Å². The summed E-state index contributed by atoms with van der Waals surface area (Å²) in [5, 5.41) is 8.33. The van der Waals surface area contributed by atoms with Gasteiger partial charge in [-0.2, -0.15) is 0 Å². The second-order valence-electron chi connectivity index (χ2n) is 15.4. The van der Waals surface area contributed by atoms with Crippen molar-refractivity contribution in [2.24, 2.45) is 9.98 Å². The standard InChI is InChI=1S/C54H35N7S/c1-5-15-34(16-6-1)49-55-50(35-17-7-2-8-18-35)59-54(58-49)39-26-29-43-44-31-37(27-30-47(44)62-48(43)33-39)52-56-51(36-19-9-3-10-20-36)57-53(60-52)38-25-28-42-41-23-13-14-24-45(41)61(46(42)32-38)40-21-11-4-12-22-40/h1-33,54H,(H,55,58,59). The Morgan fingerprint density at radius 3 is 1.74 bits per heavy atom. The number of nitrogens with one attached hydrogen (secondary N) is 1. The van der Waals surface area contributed by atoms with Crippen LogP contribution in [-0.4, -0.2) is 31.2 Å². The molecule has 3 aromatic heterocycles. The number of rotatable bonds is 7. The van der Waals surface area contributed by atoms with Crippen LogP contribution >= 0.6 is 11.3 Å². The zero-order chi connectivity index (χ0) is 41.0. The third-order valence-corrected chi connectivity index (χ3v) is 12.6. The van der Waals surface area contributed by atoms with Gasteiger partial charge in [0.1, 0.15) is 12.0 Å². The highest BCUT2D eigenvalue weighted by Crippen LogP contribution is 2.39. The van der Waals surface area contributed by atoms with Crippen LogP contribution < -0.4 is 5.32 Å². The maximum Gasteiger partial charge on any atom is 0.164 e. The molecule has 1 aliphatic heterocycles. The number of nitrogens with zero attached hydrogens (tertiary/aromatic N) is 6. The topological polar surface area (TPSA) is 80.3 Å². The Kier molecular flexibility index (Phi) is 8.60. The summed E-state index contributed by atoms with van der Waals surface area (Å²) in [7, 11) is 0. The first-order chi connectivity index (χ1) is 30.7. The van der Waals surface area contributed by atoms with Crippen molar-refractivity contribution in [1.29, 1.82) is 0 Å². The van der Waals surface area contributed by atoms with Gasteiger partial charge in [-0.15, -0.1) is 11.3 Å². The number of fused-ring (bicyclic) bond motifs is 6. The second kappa shape index (κ2) is 14.9. The molecule has 1 aliphatic rings. The summed E-state index contributed by atoms with van der Waals surface area (Å²) in [6.45, 7) is 0. The predicted octanol–water partition coefficient (Wildman–Crippen LogP) is 12.8. The van der Waals surface area contributed by atoms with E-state index in [4.69, 9.17) is 24.9 Å². The van der Waals surface area contributed by atoms with Crippen molar-refractivity contribution in [3.8, 4) is 39.9 Å². The number of aromatic nitrogens is 4. The number of benzene rings is 8. The molecule has 1 unspecified atom stereocenters. The van der Waals surface area contributed by atoms with Crippen molar-refractivity contribution < 1.29 is 0 Å². The highest BCUT2D eigenvalue weighted by molar-refractivity contribution is 7.25. The number of thiophene rings is 1. The predicted molar refractivity (Wildman–Crippen MR) is 255 cm³/mol. The molecule has 1 N–H and O–H groups in total. The first-order valence-corrected chi connectivity index (χ1v) is 21.4. The highest BCUT2D eigenvalue weighted by Gasteiger charge is 2.23. The Labute approximate surface area is 361 Å². The Bertz CT molecular complexity index is 3540. The van der Waals surface area contributed by atoms with E-state index in [2.05, 4.69) is 155 Å². The SMILES string of the molecule is c1ccc(C2=NC(c3ccc4c(c3)sc3ccc(-c5nc(-c6ccccc6)nc(-c6ccc7c8ccccc8n(-c8ccccc8)c7c6)n5)cc34)NC(c3ccccc3)=N2)cc1. The third kappa shape index (κ3) is 6.33. The molecule has 1 atom stereocenters. The fraction of sp³-hybridized carbons (Fsp3) is 0.0185. The molecule has 0 aliphatic carbocycles. The van der Waals surface area contributed by atoms with Crippen LogP contribution in [0, 0.1) is 0 Å². The highest BCUT2D eigenvalue weighted by atomic mass is 32.1. The lowest BCUT2D eigenvalue weighted by Gasteiger charge is -2.23. The molecule has 4 heterocycles. The summed E-state index contributed by atoms with van der Waals surface area (Å²) in [6, 6.07) is 69.4. The zero-order valence-electron chi connectivity index (χ0n) is 33.2. The first-order valence-electron chi connectivity index (χ1n) is 20.6. The van der Waals surface area contributed by atoms with E-state index in [-0.39, 0.29) is 6.17 Å². The van der Waals surface area contributed by atoms with E-state index in [0.717, 1.165) is 61.3 Å². The lowest BCUT2D eigenvalue weighted by molar-refractivity contribution is 0.675. The van der Waals surface area contributed by atoms with Crippen molar-refractivity contribution in [3.05, 3.63) is 217 Å². The van der Waals surface area contributed by atoms with Crippen LogP contribution in [-0.2, 0) is 0 Å². The van der Waals surface area contributed by atoms with Gasteiger partial charge in [-0.1, -0.05) is 152 Å².